The van der Waals surface area contributed by atoms with Gasteiger partial charge in [-0.2, -0.15) is 0 Å². The van der Waals surface area contributed by atoms with Crippen molar-refractivity contribution in [2.45, 2.75) is 32.2 Å². The Labute approximate surface area is 89.8 Å². The summed E-state index contributed by atoms with van der Waals surface area (Å²) in [5.74, 6) is 0. The van der Waals surface area contributed by atoms with E-state index in [2.05, 4.69) is 18.0 Å². The lowest BCUT2D eigenvalue weighted by Gasteiger charge is -1.99. The molecular formula is C12H17NS. The van der Waals surface area contributed by atoms with Crippen molar-refractivity contribution < 1.29 is 0 Å². The van der Waals surface area contributed by atoms with Gasteiger partial charge in [0.2, 0.25) is 0 Å². The maximum atomic E-state index is 3.71. The van der Waals surface area contributed by atoms with Gasteiger partial charge in [-0.3, -0.25) is 0 Å². The molecule has 2 rings (SSSR count). The van der Waals surface area contributed by atoms with E-state index in [0.717, 1.165) is 19.5 Å². The molecular weight excluding hydrogens is 190 g/mol. The van der Waals surface area contributed by atoms with Gasteiger partial charge >= 0.3 is 0 Å². The summed E-state index contributed by atoms with van der Waals surface area (Å²) in [5.41, 5.74) is 1.61. The molecule has 1 nitrogen and oxygen atoms in total. The van der Waals surface area contributed by atoms with Crippen molar-refractivity contribution in [1.29, 1.82) is 0 Å². The highest BCUT2D eigenvalue weighted by Gasteiger charge is 2.13. The fourth-order valence-electron chi connectivity index (χ4n) is 1.89. The van der Waals surface area contributed by atoms with E-state index in [4.69, 9.17) is 0 Å². The van der Waals surface area contributed by atoms with Crippen LogP contribution in [0.5, 0.6) is 0 Å². The summed E-state index contributed by atoms with van der Waals surface area (Å²) in [6, 6.07) is 2.38. The summed E-state index contributed by atoms with van der Waals surface area (Å²) >= 11 is 1.99. The standard InChI is InChI=1S/C12H17NS/c1-2-3-7-13-9-11-8-10-5-4-6-12(10)14-11/h2,8,13H,1,3-7,9H2. The van der Waals surface area contributed by atoms with Gasteiger partial charge in [0, 0.05) is 16.3 Å². The van der Waals surface area contributed by atoms with Crippen molar-refractivity contribution >= 4 is 11.3 Å². The molecule has 1 N–H and O–H groups in total. The van der Waals surface area contributed by atoms with E-state index in [1.165, 1.54) is 24.1 Å². The van der Waals surface area contributed by atoms with Gasteiger partial charge in [0.05, 0.1) is 0 Å². The van der Waals surface area contributed by atoms with Gasteiger partial charge in [-0.1, -0.05) is 6.08 Å². The van der Waals surface area contributed by atoms with E-state index in [0.29, 0.717) is 0 Å². The van der Waals surface area contributed by atoms with E-state index in [-0.39, 0.29) is 0 Å². The predicted octanol–water partition coefficient (Wildman–Crippen LogP) is 2.90. The number of nitrogens with one attached hydrogen (secondary N) is 1. The Morgan fingerprint density at radius 1 is 1.50 bits per heavy atom. The SMILES string of the molecule is C=CCCNCc1cc2c(s1)CCC2. The van der Waals surface area contributed by atoms with Crippen LogP contribution < -0.4 is 5.32 Å². The monoisotopic (exact) mass is 207 g/mol. The van der Waals surface area contributed by atoms with Crippen LogP contribution in [0.3, 0.4) is 0 Å². The molecule has 0 amide bonds. The number of fused-ring (bicyclic) bond motifs is 1. The third-order valence-electron chi connectivity index (χ3n) is 2.62. The Hall–Kier alpha value is -0.600. The van der Waals surface area contributed by atoms with Crippen molar-refractivity contribution in [2.24, 2.45) is 0 Å². The third kappa shape index (κ3) is 2.25. The number of aryl methyl sites for hydroxylation is 2. The molecule has 2 heteroatoms. The van der Waals surface area contributed by atoms with Crippen LogP contribution in [0.1, 0.15) is 28.2 Å². The van der Waals surface area contributed by atoms with Gasteiger partial charge < -0.3 is 5.32 Å². The lowest BCUT2D eigenvalue weighted by Crippen LogP contribution is -2.12. The van der Waals surface area contributed by atoms with Crippen molar-refractivity contribution in [1.82, 2.24) is 5.32 Å². The van der Waals surface area contributed by atoms with E-state index in [1.54, 1.807) is 10.4 Å². The summed E-state index contributed by atoms with van der Waals surface area (Å²) in [6.07, 6.45) is 7.00. The van der Waals surface area contributed by atoms with Crippen molar-refractivity contribution in [2.75, 3.05) is 6.54 Å². The van der Waals surface area contributed by atoms with Gasteiger partial charge in [0.25, 0.3) is 0 Å². The molecule has 1 heterocycles. The molecule has 0 bridgehead atoms. The van der Waals surface area contributed by atoms with Crippen LogP contribution in [0.4, 0.5) is 0 Å². The predicted molar refractivity (Wildman–Crippen MR) is 62.9 cm³/mol. The lowest BCUT2D eigenvalue weighted by atomic mass is 10.2. The molecule has 1 aliphatic carbocycles. The zero-order valence-electron chi connectivity index (χ0n) is 8.51. The molecule has 76 valence electrons. The lowest BCUT2D eigenvalue weighted by molar-refractivity contribution is 0.702. The Kier molecular flexibility index (Phi) is 3.38. The molecule has 0 saturated carbocycles. The highest BCUT2D eigenvalue weighted by atomic mass is 32.1. The van der Waals surface area contributed by atoms with Gasteiger partial charge in [-0.05, 0) is 43.9 Å². The fraction of sp³-hybridized carbons (Fsp3) is 0.500. The van der Waals surface area contributed by atoms with Crippen molar-refractivity contribution in [3.63, 3.8) is 0 Å². The molecule has 0 atom stereocenters. The zero-order valence-corrected chi connectivity index (χ0v) is 9.33. The smallest absolute Gasteiger partial charge is 0.0300 e. The minimum atomic E-state index is 1.03. The summed E-state index contributed by atoms with van der Waals surface area (Å²) in [7, 11) is 0. The summed E-state index contributed by atoms with van der Waals surface area (Å²) in [4.78, 5) is 3.13. The molecule has 0 saturated heterocycles. The molecule has 1 aliphatic rings. The van der Waals surface area contributed by atoms with Gasteiger partial charge in [0.1, 0.15) is 0 Å². The van der Waals surface area contributed by atoms with E-state index < -0.39 is 0 Å². The molecule has 1 aromatic heterocycles. The highest BCUT2D eigenvalue weighted by molar-refractivity contribution is 7.12. The topological polar surface area (TPSA) is 12.0 Å². The first-order valence-corrected chi connectivity index (χ1v) is 6.14. The number of hydrogen-bond acceptors (Lipinski definition) is 2. The summed E-state index contributed by atoms with van der Waals surface area (Å²) < 4.78 is 0. The number of hydrogen-bond donors (Lipinski definition) is 1. The number of thiophene rings is 1. The first-order chi connectivity index (χ1) is 6.90. The van der Waals surface area contributed by atoms with E-state index in [1.807, 2.05) is 17.4 Å². The second kappa shape index (κ2) is 4.76. The van der Waals surface area contributed by atoms with Gasteiger partial charge in [-0.25, -0.2) is 0 Å². The van der Waals surface area contributed by atoms with Crippen LogP contribution in [0.2, 0.25) is 0 Å². The molecule has 0 radical (unpaired) electrons. The van der Waals surface area contributed by atoms with E-state index in [9.17, 15) is 0 Å². The van der Waals surface area contributed by atoms with Crippen LogP contribution >= 0.6 is 11.3 Å². The Morgan fingerprint density at radius 3 is 3.21 bits per heavy atom. The maximum absolute atomic E-state index is 3.71. The highest BCUT2D eigenvalue weighted by Crippen LogP contribution is 2.30. The molecule has 0 fully saturated rings. The molecule has 0 spiro atoms. The largest absolute Gasteiger partial charge is 0.312 e. The molecule has 1 aromatic rings. The molecule has 0 aromatic carbocycles. The molecule has 0 aliphatic heterocycles. The van der Waals surface area contributed by atoms with Crippen molar-refractivity contribution in [3.8, 4) is 0 Å². The molecule has 14 heavy (non-hydrogen) atoms. The normalized spacial score (nSPS) is 14.3. The maximum Gasteiger partial charge on any atom is 0.0300 e. The Bertz CT molecular complexity index is 293. The second-order valence-corrected chi connectivity index (χ2v) is 4.99. The van der Waals surface area contributed by atoms with Gasteiger partial charge in [-0.15, -0.1) is 17.9 Å². The van der Waals surface area contributed by atoms with Crippen molar-refractivity contribution in [3.05, 3.63) is 34.0 Å². The summed E-state index contributed by atoms with van der Waals surface area (Å²) in [5, 5.41) is 3.43. The quantitative estimate of drug-likeness (QED) is 0.578. The Balaban J connectivity index is 1.82. The van der Waals surface area contributed by atoms with Crippen LogP contribution in [-0.4, -0.2) is 6.54 Å². The van der Waals surface area contributed by atoms with Crippen LogP contribution in [0, 0.1) is 0 Å². The minimum absolute atomic E-state index is 1.03. The van der Waals surface area contributed by atoms with Crippen LogP contribution in [0.25, 0.3) is 0 Å². The first kappa shape index (κ1) is 9.94. The van der Waals surface area contributed by atoms with Crippen LogP contribution in [-0.2, 0) is 19.4 Å². The number of rotatable bonds is 5. The van der Waals surface area contributed by atoms with E-state index >= 15 is 0 Å². The Morgan fingerprint density at radius 2 is 2.43 bits per heavy atom. The third-order valence-corrected chi connectivity index (χ3v) is 3.86. The summed E-state index contributed by atoms with van der Waals surface area (Å²) in [6.45, 7) is 5.79. The minimum Gasteiger partial charge on any atom is -0.312 e. The zero-order chi connectivity index (χ0) is 9.80. The average molecular weight is 207 g/mol. The van der Waals surface area contributed by atoms with Gasteiger partial charge in [0.15, 0.2) is 0 Å². The van der Waals surface area contributed by atoms with Crippen LogP contribution in [0.15, 0.2) is 18.7 Å². The molecule has 0 unspecified atom stereocenters. The second-order valence-electron chi connectivity index (χ2n) is 3.77. The fourth-order valence-corrected chi connectivity index (χ4v) is 3.12. The average Bonchev–Trinajstić information content (AvgIpc) is 2.72. The first-order valence-electron chi connectivity index (χ1n) is 5.32.